The minimum Gasteiger partial charge on any atom is -0.485 e. The predicted octanol–water partition coefficient (Wildman–Crippen LogP) is 2.52. The summed E-state index contributed by atoms with van der Waals surface area (Å²) in [4.78, 5) is 0. The van der Waals surface area contributed by atoms with E-state index in [1.54, 1.807) is 6.33 Å². The van der Waals surface area contributed by atoms with E-state index in [4.69, 9.17) is 4.74 Å². The zero-order chi connectivity index (χ0) is 12.3. The molecule has 4 heteroatoms. The van der Waals surface area contributed by atoms with Gasteiger partial charge in [0.05, 0.1) is 0 Å². The Labute approximate surface area is 101 Å². The van der Waals surface area contributed by atoms with Gasteiger partial charge in [-0.2, -0.15) is 0 Å². The van der Waals surface area contributed by atoms with Crippen LogP contribution in [0.2, 0.25) is 0 Å². The summed E-state index contributed by atoms with van der Waals surface area (Å²) in [6.07, 6.45) is 1.67. The molecule has 1 aromatic heterocycles. The van der Waals surface area contributed by atoms with Crippen molar-refractivity contribution >= 4 is 0 Å². The molecule has 0 aliphatic carbocycles. The van der Waals surface area contributed by atoms with Gasteiger partial charge in [0, 0.05) is 7.05 Å². The Hall–Kier alpha value is -1.84. The minimum absolute atomic E-state index is 0.445. The first-order valence-corrected chi connectivity index (χ1v) is 5.73. The minimum atomic E-state index is 0.445. The number of hydrogen-bond donors (Lipinski definition) is 0. The van der Waals surface area contributed by atoms with Crippen LogP contribution in [0.25, 0.3) is 0 Å². The highest BCUT2D eigenvalue weighted by atomic mass is 16.5. The molecule has 0 unspecified atom stereocenters. The average Bonchev–Trinajstić information content (AvgIpc) is 2.72. The van der Waals surface area contributed by atoms with Gasteiger partial charge in [0.25, 0.3) is 0 Å². The number of aryl methyl sites for hydroxylation is 1. The van der Waals surface area contributed by atoms with Crippen LogP contribution < -0.4 is 4.74 Å². The van der Waals surface area contributed by atoms with Crippen LogP contribution in [0, 0.1) is 0 Å². The number of para-hydroxylation sites is 1. The van der Waals surface area contributed by atoms with E-state index in [2.05, 4.69) is 30.1 Å². The van der Waals surface area contributed by atoms with Gasteiger partial charge in [0.15, 0.2) is 5.82 Å². The lowest BCUT2D eigenvalue weighted by molar-refractivity contribution is 0.287. The molecule has 0 radical (unpaired) electrons. The summed E-state index contributed by atoms with van der Waals surface area (Å²) in [5.41, 5.74) is 1.22. The molecule has 0 aliphatic rings. The van der Waals surface area contributed by atoms with Crippen LogP contribution in [0.15, 0.2) is 30.6 Å². The lowest BCUT2D eigenvalue weighted by Gasteiger charge is -2.13. The third-order valence-corrected chi connectivity index (χ3v) is 2.70. The van der Waals surface area contributed by atoms with Crippen molar-refractivity contribution < 1.29 is 4.74 Å². The summed E-state index contributed by atoms with van der Waals surface area (Å²) < 4.78 is 7.66. The van der Waals surface area contributed by atoms with Crippen LogP contribution in [0.5, 0.6) is 5.75 Å². The summed E-state index contributed by atoms with van der Waals surface area (Å²) in [5, 5.41) is 7.82. The van der Waals surface area contributed by atoms with Crippen molar-refractivity contribution in [1.29, 1.82) is 0 Å². The predicted molar refractivity (Wildman–Crippen MR) is 65.9 cm³/mol. The standard InChI is InChI=1S/C13H17N3O/c1-10(2)11-6-4-5-7-12(11)17-8-13-15-14-9-16(13)3/h4-7,9-10H,8H2,1-3H3. The Balaban J connectivity index is 2.11. The number of nitrogens with zero attached hydrogens (tertiary/aromatic N) is 3. The monoisotopic (exact) mass is 231 g/mol. The van der Waals surface area contributed by atoms with Gasteiger partial charge in [-0.1, -0.05) is 32.0 Å². The first kappa shape index (κ1) is 11.6. The van der Waals surface area contributed by atoms with Crippen LogP contribution in [0.3, 0.4) is 0 Å². The quantitative estimate of drug-likeness (QED) is 0.811. The van der Waals surface area contributed by atoms with E-state index in [0.29, 0.717) is 12.5 Å². The summed E-state index contributed by atoms with van der Waals surface area (Å²) >= 11 is 0. The zero-order valence-electron chi connectivity index (χ0n) is 10.4. The molecule has 0 aliphatic heterocycles. The molecule has 0 spiro atoms. The smallest absolute Gasteiger partial charge is 0.170 e. The first-order valence-electron chi connectivity index (χ1n) is 5.73. The van der Waals surface area contributed by atoms with Crippen molar-refractivity contribution in [2.24, 2.45) is 7.05 Å². The molecule has 0 amide bonds. The Morgan fingerprint density at radius 2 is 2.06 bits per heavy atom. The maximum absolute atomic E-state index is 5.80. The van der Waals surface area contributed by atoms with Crippen LogP contribution in [0.4, 0.5) is 0 Å². The van der Waals surface area contributed by atoms with E-state index < -0.39 is 0 Å². The molecule has 0 saturated carbocycles. The maximum Gasteiger partial charge on any atom is 0.170 e. The topological polar surface area (TPSA) is 39.9 Å². The molecule has 90 valence electrons. The summed E-state index contributed by atoms with van der Waals surface area (Å²) in [7, 11) is 1.91. The van der Waals surface area contributed by atoms with Crippen LogP contribution in [-0.2, 0) is 13.7 Å². The fraction of sp³-hybridized carbons (Fsp3) is 0.385. The Morgan fingerprint density at radius 3 is 2.71 bits per heavy atom. The average molecular weight is 231 g/mol. The van der Waals surface area contributed by atoms with Gasteiger partial charge in [-0.05, 0) is 17.5 Å². The van der Waals surface area contributed by atoms with Gasteiger partial charge in [-0.3, -0.25) is 0 Å². The van der Waals surface area contributed by atoms with E-state index in [1.807, 2.05) is 29.8 Å². The van der Waals surface area contributed by atoms with Gasteiger partial charge in [-0.25, -0.2) is 0 Å². The molecule has 0 saturated heterocycles. The molecule has 2 aromatic rings. The van der Waals surface area contributed by atoms with Crippen molar-refractivity contribution in [1.82, 2.24) is 14.8 Å². The van der Waals surface area contributed by atoms with Gasteiger partial charge in [-0.15, -0.1) is 10.2 Å². The van der Waals surface area contributed by atoms with Crippen molar-refractivity contribution in [3.05, 3.63) is 42.0 Å². The van der Waals surface area contributed by atoms with Crippen LogP contribution in [0.1, 0.15) is 31.2 Å². The first-order chi connectivity index (χ1) is 8.18. The number of ether oxygens (including phenoxy) is 1. The fourth-order valence-corrected chi connectivity index (χ4v) is 1.67. The molecule has 0 N–H and O–H groups in total. The van der Waals surface area contributed by atoms with E-state index in [9.17, 15) is 0 Å². The van der Waals surface area contributed by atoms with Crippen LogP contribution in [-0.4, -0.2) is 14.8 Å². The molecule has 0 fully saturated rings. The van der Waals surface area contributed by atoms with E-state index >= 15 is 0 Å². The molecule has 0 bridgehead atoms. The van der Waals surface area contributed by atoms with E-state index in [0.717, 1.165) is 11.6 Å². The van der Waals surface area contributed by atoms with Crippen molar-refractivity contribution in [2.45, 2.75) is 26.4 Å². The lowest BCUT2D eigenvalue weighted by atomic mass is 10.0. The van der Waals surface area contributed by atoms with Crippen LogP contribution >= 0.6 is 0 Å². The largest absolute Gasteiger partial charge is 0.485 e. The lowest BCUT2D eigenvalue weighted by Crippen LogP contribution is -2.04. The Kier molecular flexibility index (Phi) is 3.42. The third kappa shape index (κ3) is 2.64. The van der Waals surface area contributed by atoms with E-state index in [1.165, 1.54) is 5.56 Å². The summed E-state index contributed by atoms with van der Waals surface area (Å²) in [6.45, 7) is 4.76. The molecule has 17 heavy (non-hydrogen) atoms. The maximum atomic E-state index is 5.80. The number of aromatic nitrogens is 3. The number of rotatable bonds is 4. The SMILES string of the molecule is CC(C)c1ccccc1OCc1nncn1C. The fourth-order valence-electron chi connectivity index (χ4n) is 1.67. The summed E-state index contributed by atoms with van der Waals surface area (Å²) in [6, 6.07) is 8.10. The highest BCUT2D eigenvalue weighted by Crippen LogP contribution is 2.26. The molecule has 1 heterocycles. The Bertz CT molecular complexity index is 491. The van der Waals surface area contributed by atoms with Crippen molar-refractivity contribution in [3.8, 4) is 5.75 Å². The van der Waals surface area contributed by atoms with Gasteiger partial charge >= 0.3 is 0 Å². The van der Waals surface area contributed by atoms with Gasteiger partial charge in [0.2, 0.25) is 0 Å². The Morgan fingerprint density at radius 1 is 1.29 bits per heavy atom. The molecule has 0 atom stereocenters. The molecule has 2 rings (SSSR count). The second kappa shape index (κ2) is 4.99. The van der Waals surface area contributed by atoms with Gasteiger partial charge in [0.1, 0.15) is 18.7 Å². The number of benzene rings is 1. The van der Waals surface area contributed by atoms with Gasteiger partial charge < -0.3 is 9.30 Å². The normalized spacial score (nSPS) is 10.8. The molecular formula is C13H17N3O. The van der Waals surface area contributed by atoms with Crippen molar-refractivity contribution in [2.75, 3.05) is 0 Å². The third-order valence-electron chi connectivity index (χ3n) is 2.70. The molecular weight excluding hydrogens is 214 g/mol. The van der Waals surface area contributed by atoms with E-state index in [-0.39, 0.29) is 0 Å². The second-order valence-corrected chi connectivity index (χ2v) is 4.34. The molecule has 1 aromatic carbocycles. The summed E-state index contributed by atoms with van der Waals surface area (Å²) in [5.74, 6) is 2.19. The second-order valence-electron chi connectivity index (χ2n) is 4.34. The highest BCUT2D eigenvalue weighted by Gasteiger charge is 2.08. The molecule has 4 nitrogen and oxygen atoms in total. The number of hydrogen-bond acceptors (Lipinski definition) is 3. The van der Waals surface area contributed by atoms with Crippen molar-refractivity contribution in [3.63, 3.8) is 0 Å². The zero-order valence-corrected chi connectivity index (χ0v) is 10.4. The highest BCUT2D eigenvalue weighted by molar-refractivity contribution is 5.35.